The summed E-state index contributed by atoms with van der Waals surface area (Å²) < 4.78 is 5.47. The first-order valence-corrected chi connectivity index (χ1v) is 8.37. The Hall–Kier alpha value is -2.73. The van der Waals surface area contributed by atoms with Crippen molar-refractivity contribution in [3.63, 3.8) is 0 Å². The molecule has 122 valence electrons. The standard InChI is InChI=1S/C21H21NO2/c23-21(24-17-19-11-5-2-6-12-19)22-16-8-7-13-20(22)15-14-18-9-3-1-4-10-18/h1-6,9-12,20H,7-8,13,16-17H2. The van der Waals surface area contributed by atoms with Crippen LogP contribution in [0, 0.1) is 11.8 Å². The molecule has 1 fully saturated rings. The number of likely N-dealkylation sites (tertiary alicyclic amines) is 1. The Bertz CT molecular complexity index is 716. The molecule has 0 N–H and O–H groups in total. The Balaban J connectivity index is 1.63. The van der Waals surface area contributed by atoms with E-state index in [0.29, 0.717) is 13.2 Å². The van der Waals surface area contributed by atoms with E-state index in [-0.39, 0.29) is 12.1 Å². The lowest BCUT2D eigenvalue weighted by Gasteiger charge is -2.31. The van der Waals surface area contributed by atoms with E-state index in [4.69, 9.17) is 4.74 Å². The third-order valence-electron chi connectivity index (χ3n) is 4.10. The highest BCUT2D eigenvalue weighted by Gasteiger charge is 2.26. The third-order valence-corrected chi connectivity index (χ3v) is 4.10. The van der Waals surface area contributed by atoms with E-state index in [1.54, 1.807) is 4.90 Å². The Labute approximate surface area is 143 Å². The number of carbonyl (C=O) groups excluding carboxylic acids is 1. The van der Waals surface area contributed by atoms with Gasteiger partial charge < -0.3 is 4.74 Å². The van der Waals surface area contributed by atoms with Gasteiger partial charge in [-0.05, 0) is 37.0 Å². The summed E-state index contributed by atoms with van der Waals surface area (Å²) in [5.41, 5.74) is 1.97. The topological polar surface area (TPSA) is 29.5 Å². The Morgan fingerprint density at radius 1 is 1.04 bits per heavy atom. The number of nitrogens with zero attached hydrogens (tertiary/aromatic N) is 1. The van der Waals surface area contributed by atoms with Gasteiger partial charge in [-0.15, -0.1) is 0 Å². The summed E-state index contributed by atoms with van der Waals surface area (Å²) in [5, 5.41) is 0. The van der Waals surface area contributed by atoms with Crippen molar-refractivity contribution < 1.29 is 9.53 Å². The van der Waals surface area contributed by atoms with Gasteiger partial charge in [0.2, 0.25) is 0 Å². The maximum absolute atomic E-state index is 12.4. The van der Waals surface area contributed by atoms with E-state index >= 15 is 0 Å². The molecular formula is C21H21NO2. The normalized spacial score (nSPS) is 16.8. The molecule has 0 aliphatic carbocycles. The number of carbonyl (C=O) groups is 1. The Morgan fingerprint density at radius 3 is 2.50 bits per heavy atom. The predicted octanol–water partition coefficient (Wildman–Crippen LogP) is 4.23. The molecule has 0 saturated carbocycles. The van der Waals surface area contributed by atoms with Crippen LogP contribution in [0.5, 0.6) is 0 Å². The number of piperidine rings is 1. The molecule has 24 heavy (non-hydrogen) atoms. The molecule has 1 aliphatic rings. The van der Waals surface area contributed by atoms with Crippen molar-refractivity contribution in [1.82, 2.24) is 4.90 Å². The van der Waals surface area contributed by atoms with Crippen molar-refractivity contribution in [3.8, 4) is 11.8 Å². The van der Waals surface area contributed by atoms with Crippen LogP contribution in [0.3, 0.4) is 0 Å². The molecule has 1 unspecified atom stereocenters. The van der Waals surface area contributed by atoms with Gasteiger partial charge in [0.15, 0.2) is 0 Å². The molecule has 3 rings (SSSR count). The van der Waals surface area contributed by atoms with Gasteiger partial charge in [0, 0.05) is 12.1 Å². The zero-order valence-corrected chi connectivity index (χ0v) is 13.7. The first-order chi connectivity index (χ1) is 11.8. The smallest absolute Gasteiger partial charge is 0.411 e. The van der Waals surface area contributed by atoms with Crippen LogP contribution in [0.15, 0.2) is 60.7 Å². The fraction of sp³-hybridized carbons (Fsp3) is 0.286. The van der Waals surface area contributed by atoms with Gasteiger partial charge in [-0.2, -0.15) is 0 Å². The van der Waals surface area contributed by atoms with E-state index < -0.39 is 0 Å². The van der Waals surface area contributed by atoms with Gasteiger partial charge in [-0.1, -0.05) is 60.4 Å². The summed E-state index contributed by atoms with van der Waals surface area (Å²) in [6.45, 7) is 1.01. The lowest BCUT2D eigenvalue weighted by Crippen LogP contribution is -2.43. The summed E-state index contributed by atoms with van der Waals surface area (Å²) >= 11 is 0. The molecule has 1 aliphatic heterocycles. The summed E-state index contributed by atoms with van der Waals surface area (Å²) in [6.07, 6.45) is 2.73. The van der Waals surface area contributed by atoms with E-state index in [9.17, 15) is 4.79 Å². The zero-order valence-electron chi connectivity index (χ0n) is 13.7. The van der Waals surface area contributed by atoms with E-state index in [1.165, 1.54) is 0 Å². The van der Waals surface area contributed by atoms with Crippen LogP contribution in [0.2, 0.25) is 0 Å². The molecule has 0 aromatic heterocycles. The Kier molecular flexibility index (Phi) is 5.52. The summed E-state index contributed by atoms with van der Waals surface area (Å²) in [7, 11) is 0. The third kappa shape index (κ3) is 4.39. The molecular weight excluding hydrogens is 298 g/mol. The highest BCUT2D eigenvalue weighted by atomic mass is 16.6. The largest absolute Gasteiger partial charge is 0.445 e. The van der Waals surface area contributed by atoms with Crippen molar-refractivity contribution in [2.24, 2.45) is 0 Å². The predicted molar refractivity (Wildman–Crippen MR) is 94.3 cm³/mol. The molecule has 3 heteroatoms. The van der Waals surface area contributed by atoms with Crippen LogP contribution in [-0.2, 0) is 11.3 Å². The molecule has 2 aromatic carbocycles. The van der Waals surface area contributed by atoms with E-state index in [2.05, 4.69) is 11.8 Å². The molecule has 0 spiro atoms. The average molecular weight is 319 g/mol. The van der Waals surface area contributed by atoms with Gasteiger partial charge in [-0.25, -0.2) is 4.79 Å². The number of benzene rings is 2. The molecule has 3 nitrogen and oxygen atoms in total. The Morgan fingerprint density at radius 2 is 1.75 bits per heavy atom. The van der Waals surface area contributed by atoms with Crippen LogP contribution in [0.4, 0.5) is 4.79 Å². The van der Waals surface area contributed by atoms with Crippen molar-refractivity contribution in [3.05, 3.63) is 71.8 Å². The molecule has 2 aromatic rings. The van der Waals surface area contributed by atoms with Gasteiger partial charge in [0.05, 0.1) is 6.04 Å². The van der Waals surface area contributed by atoms with Crippen molar-refractivity contribution >= 4 is 6.09 Å². The number of rotatable bonds is 2. The molecule has 1 amide bonds. The molecule has 1 atom stereocenters. The van der Waals surface area contributed by atoms with Crippen LogP contribution in [-0.4, -0.2) is 23.6 Å². The van der Waals surface area contributed by atoms with Crippen LogP contribution in [0.25, 0.3) is 0 Å². The minimum absolute atomic E-state index is 0.0674. The number of ether oxygens (including phenoxy) is 1. The number of hydrogen-bond donors (Lipinski definition) is 0. The van der Waals surface area contributed by atoms with Gasteiger partial charge >= 0.3 is 6.09 Å². The van der Waals surface area contributed by atoms with Crippen molar-refractivity contribution in [2.45, 2.75) is 31.9 Å². The minimum atomic E-state index is -0.272. The summed E-state index contributed by atoms with van der Waals surface area (Å²) in [5.74, 6) is 6.42. The van der Waals surface area contributed by atoms with Crippen LogP contribution >= 0.6 is 0 Å². The maximum atomic E-state index is 12.4. The number of hydrogen-bond acceptors (Lipinski definition) is 2. The second-order valence-corrected chi connectivity index (χ2v) is 5.88. The molecule has 1 heterocycles. The quantitative estimate of drug-likeness (QED) is 0.775. The fourth-order valence-corrected chi connectivity index (χ4v) is 2.79. The summed E-state index contributed by atoms with van der Waals surface area (Å²) in [4.78, 5) is 14.2. The highest BCUT2D eigenvalue weighted by molar-refractivity contribution is 5.69. The van der Waals surface area contributed by atoms with Gasteiger partial charge in [0.1, 0.15) is 6.61 Å². The zero-order chi connectivity index (χ0) is 16.6. The monoisotopic (exact) mass is 319 g/mol. The van der Waals surface area contributed by atoms with E-state index in [1.807, 2.05) is 60.7 Å². The first-order valence-electron chi connectivity index (χ1n) is 8.37. The van der Waals surface area contributed by atoms with Crippen LogP contribution in [0.1, 0.15) is 30.4 Å². The minimum Gasteiger partial charge on any atom is -0.445 e. The van der Waals surface area contributed by atoms with Crippen LogP contribution < -0.4 is 0 Å². The molecule has 0 radical (unpaired) electrons. The lowest BCUT2D eigenvalue weighted by atomic mass is 10.0. The van der Waals surface area contributed by atoms with E-state index in [0.717, 1.165) is 30.4 Å². The SMILES string of the molecule is O=C(OCc1ccccc1)N1CCCCC1C#Cc1ccccc1. The molecule has 0 bridgehead atoms. The van der Waals surface area contributed by atoms with Gasteiger partial charge in [0.25, 0.3) is 0 Å². The second-order valence-electron chi connectivity index (χ2n) is 5.88. The average Bonchev–Trinajstić information content (AvgIpc) is 2.66. The second kappa shape index (κ2) is 8.21. The highest BCUT2D eigenvalue weighted by Crippen LogP contribution is 2.18. The first kappa shape index (κ1) is 16.1. The lowest BCUT2D eigenvalue weighted by molar-refractivity contribution is 0.0792. The molecule has 1 saturated heterocycles. The van der Waals surface area contributed by atoms with Crippen molar-refractivity contribution in [2.75, 3.05) is 6.54 Å². The van der Waals surface area contributed by atoms with Crippen molar-refractivity contribution in [1.29, 1.82) is 0 Å². The summed E-state index contributed by atoms with van der Waals surface area (Å²) in [6, 6.07) is 19.5. The fourth-order valence-electron chi connectivity index (χ4n) is 2.79. The number of amides is 1. The van der Waals surface area contributed by atoms with Gasteiger partial charge in [-0.3, -0.25) is 4.90 Å². The maximum Gasteiger partial charge on any atom is 0.411 e.